The Morgan fingerprint density at radius 2 is 0.900 bits per heavy atom. The SMILES string of the molecule is CCCC/C=C/CCCCCCCCCCCC(=O)OC[C@H](CO[C@H]1O[C@@H](CO[C@H]2O[C@@H](CO)[C@@H](O)C(O)C2O)[C@@H](O)C(O)C1O)OC(=O)CC/C=C/C/C=C/C/C=C/C/C=C/C/C=C/CCCCC. The van der Waals surface area contributed by atoms with E-state index >= 15 is 0 Å². The lowest BCUT2D eigenvalue weighted by Gasteiger charge is -2.42. The first-order chi connectivity index (χ1) is 34.0. The summed E-state index contributed by atoms with van der Waals surface area (Å²) in [5.74, 6) is -1.03. The molecule has 0 radical (unpaired) electrons. The van der Waals surface area contributed by atoms with Crippen LogP contribution in [0.1, 0.15) is 168 Å². The minimum Gasteiger partial charge on any atom is -0.462 e. The molecule has 0 saturated carbocycles. The van der Waals surface area contributed by atoms with Gasteiger partial charge in [0.25, 0.3) is 0 Å². The molecular formula is C55H92O15. The molecule has 0 aromatic heterocycles. The number of carbonyl (C=O) groups excluding carboxylic acids is 2. The maximum atomic E-state index is 13.0. The van der Waals surface area contributed by atoms with Gasteiger partial charge in [-0.05, 0) is 70.6 Å². The number of aliphatic hydroxyl groups is 7. The molecule has 0 aliphatic carbocycles. The van der Waals surface area contributed by atoms with Gasteiger partial charge in [-0.3, -0.25) is 9.59 Å². The molecule has 11 atom stereocenters. The Kier molecular flexibility index (Phi) is 37.3. The fourth-order valence-electron chi connectivity index (χ4n) is 7.77. The third-order valence-electron chi connectivity index (χ3n) is 12.2. The molecule has 0 amide bonds. The maximum Gasteiger partial charge on any atom is 0.306 e. The molecule has 15 nitrogen and oxygen atoms in total. The van der Waals surface area contributed by atoms with Gasteiger partial charge in [0.05, 0.1) is 19.8 Å². The first-order valence-electron chi connectivity index (χ1n) is 26.5. The number of esters is 2. The number of ether oxygens (including phenoxy) is 6. The van der Waals surface area contributed by atoms with E-state index in [1.165, 1.54) is 70.6 Å². The van der Waals surface area contributed by atoms with Crippen molar-refractivity contribution in [2.24, 2.45) is 0 Å². The largest absolute Gasteiger partial charge is 0.462 e. The van der Waals surface area contributed by atoms with E-state index in [-0.39, 0.29) is 19.4 Å². The minimum absolute atomic E-state index is 0.0386. The predicted molar refractivity (Wildman–Crippen MR) is 270 cm³/mol. The second-order valence-corrected chi connectivity index (χ2v) is 18.3. The monoisotopic (exact) mass is 993 g/mol. The van der Waals surface area contributed by atoms with Crippen LogP contribution in [0.3, 0.4) is 0 Å². The number of allylic oxidation sites excluding steroid dienone is 12. The number of aliphatic hydroxyl groups excluding tert-OH is 7. The van der Waals surface area contributed by atoms with E-state index in [0.717, 1.165) is 51.4 Å². The lowest BCUT2D eigenvalue weighted by Crippen LogP contribution is -2.61. The molecule has 4 unspecified atom stereocenters. The van der Waals surface area contributed by atoms with Gasteiger partial charge in [-0.2, -0.15) is 0 Å². The summed E-state index contributed by atoms with van der Waals surface area (Å²) < 4.78 is 33.5. The lowest BCUT2D eigenvalue weighted by atomic mass is 9.98. The first-order valence-corrected chi connectivity index (χ1v) is 26.5. The highest BCUT2D eigenvalue weighted by molar-refractivity contribution is 5.70. The maximum absolute atomic E-state index is 13.0. The van der Waals surface area contributed by atoms with Crippen LogP contribution in [-0.4, -0.2) is 142 Å². The van der Waals surface area contributed by atoms with E-state index in [2.05, 4.69) is 74.6 Å². The quantitative estimate of drug-likeness (QED) is 0.0176. The molecule has 402 valence electrons. The van der Waals surface area contributed by atoms with Crippen molar-refractivity contribution in [2.45, 2.75) is 235 Å². The number of rotatable bonds is 40. The van der Waals surface area contributed by atoms with Crippen LogP contribution in [0.4, 0.5) is 0 Å². The summed E-state index contributed by atoms with van der Waals surface area (Å²) >= 11 is 0. The highest BCUT2D eigenvalue weighted by atomic mass is 16.7. The van der Waals surface area contributed by atoms with Gasteiger partial charge in [-0.25, -0.2) is 0 Å². The smallest absolute Gasteiger partial charge is 0.306 e. The van der Waals surface area contributed by atoms with Crippen LogP contribution in [0.15, 0.2) is 72.9 Å². The molecule has 7 N–H and O–H groups in total. The van der Waals surface area contributed by atoms with Crippen molar-refractivity contribution in [3.8, 4) is 0 Å². The molecule has 0 spiro atoms. The molecule has 2 heterocycles. The number of hydrogen-bond acceptors (Lipinski definition) is 15. The zero-order valence-corrected chi connectivity index (χ0v) is 42.5. The molecule has 15 heteroatoms. The van der Waals surface area contributed by atoms with Crippen molar-refractivity contribution in [2.75, 3.05) is 26.4 Å². The van der Waals surface area contributed by atoms with Crippen molar-refractivity contribution in [1.29, 1.82) is 0 Å². The third-order valence-corrected chi connectivity index (χ3v) is 12.2. The molecule has 0 aromatic carbocycles. The van der Waals surface area contributed by atoms with Crippen molar-refractivity contribution >= 4 is 11.9 Å². The van der Waals surface area contributed by atoms with Crippen LogP contribution in [-0.2, 0) is 38.0 Å². The molecule has 0 bridgehead atoms. The standard InChI is InChI=1S/C55H92O15/c1-3-5-7-9-11-13-15-17-19-20-21-22-24-26-28-30-32-34-36-38-47(58)68-43(40-65-46(57)37-35-33-31-29-27-25-23-18-16-14-12-10-8-6-4-2)41-66-54-53(64)51(62)49(60)45(70-54)42-67-55-52(63)50(61)48(59)44(39-56)69-55/h10-13,17,19,21-22,26,28,32,34,43-45,48-56,59-64H,3-9,14-16,18,20,23-25,27,29-31,33,35-42H2,1-2H3/b12-10+,13-11+,19-17+,22-21+,28-26+,34-32+/t43-,44+,45+,48-,49-,50?,51?,52?,53?,54+,55+/m1/s1. The summed E-state index contributed by atoms with van der Waals surface area (Å²) in [6.45, 7) is 2.45. The van der Waals surface area contributed by atoms with E-state index in [1.54, 1.807) is 0 Å². The molecule has 2 aliphatic heterocycles. The van der Waals surface area contributed by atoms with Crippen LogP contribution in [0.5, 0.6) is 0 Å². The summed E-state index contributed by atoms with van der Waals surface area (Å²) in [5, 5.41) is 72.1. The van der Waals surface area contributed by atoms with Crippen molar-refractivity contribution in [3.63, 3.8) is 0 Å². The fraction of sp³-hybridized carbons (Fsp3) is 0.745. The van der Waals surface area contributed by atoms with Crippen LogP contribution < -0.4 is 0 Å². The fourth-order valence-corrected chi connectivity index (χ4v) is 7.77. The van der Waals surface area contributed by atoms with Crippen molar-refractivity contribution in [3.05, 3.63) is 72.9 Å². The van der Waals surface area contributed by atoms with E-state index in [9.17, 15) is 45.3 Å². The molecule has 2 saturated heterocycles. The Labute approximate surface area is 419 Å². The van der Waals surface area contributed by atoms with Crippen molar-refractivity contribution < 1.29 is 73.8 Å². The highest BCUT2D eigenvalue weighted by Gasteiger charge is 2.47. The van der Waals surface area contributed by atoms with Crippen LogP contribution in [0, 0.1) is 0 Å². The summed E-state index contributed by atoms with van der Waals surface area (Å²) in [4.78, 5) is 25.8. The molecule has 2 rings (SSSR count). The summed E-state index contributed by atoms with van der Waals surface area (Å²) in [6.07, 6.45) is 32.2. The third kappa shape index (κ3) is 28.8. The molecule has 0 aromatic rings. The van der Waals surface area contributed by atoms with Gasteiger partial charge in [-0.1, -0.05) is 157 Å². The lowest BCUT2D eigenvalue weighted by molar-refractivity contribution is -0.332. The van der Waals surface area contributed by atoms with Gasteiger partial charge in [-0.15, -0.1) is 0 Å². The summed E-state index contributed by atoms with van der Waals surface area (Å²) in [6, 6.07) is 0. The van der Waals surface area contributed by atoms with Crippen LogP contribution in [0.25, 0.3) is 0 Å². The molecule has 2 aliphatic rings. The topological polar surface area (TPSA) is 231 Å². The number of unbranched alkanes of at least 4 members (excludes halogenated alkanes) is 14. The summed E-state index contributed by atoms with van der Waals surface area (Å²) in [5.41, 5.74) is 0. The average Bonchev–Trinajstić information content (AvgIpc) is 3.35. The van der Waals surface area contributed by atoms with Gasteiger partial charge in [0, 0.05) is 12.8 Å². The summed E-state index contributed by atoms with van der Waals surface area (Å²) in [7, 11) is 0. The van der Waals surface area contributed by atoms with Gasteiger partial charge in [0.15, 0.2) is 18.7 Å². The Morgan fingerprint density at radius 1 is 0.457 bits per heavy atom. The zero-order valence-electron chi connectivity index (χ0n) is 42.5. The predicted octanol–water partition coefficient (Wildman–Crippen LogP) is 7.82. The Balaban J connectivity index is 1.84. The molecular weight excluding hydrogens is 901 g/mol. The van der Waals surface area contributed by atoms with E-state index in [1.807, 2.05) is 12.2 Å². The average molecular weight is 993 g/mol. The van der Waals surface area contributed by atoms with Crippen LogP contribution >= 0.6 is 0 Å². The zero-order chi connectivity index (χ0) is 51.0. The minimum atomic E-state index is -1.78. The highest BCUT2D eigenvalue weighted by Crippen LogP contribution is 2.26. The van der Waals surface area contributed by atoms with Crippen LogP contribution in [0.2, 0.25) is 0 Å². The Hall–Kier alpha value is -3.06. The van der Waals surface area contributed by atoms with Crippen molar-refractivity contribution in [1.82, 2.24) is 0 Å². The second-order valence-electron chi connectivity index (χ2n) is 18.3. The van der Waals surface area contributed by atoms with Gasteiger partial charge < -0.3 is 64.2 Å². The van der Waals surface area contributed by atoms with E-state index < -0.39 is 99.3 Å². The van der Waals surface area contributed by atoms with E-state index in [0.29, 0.717) is 19.3 Å². The Bertz CT molecular complexity index is 1490. The number of carbonyl (C=O) groups is 2. The normalized spacial score (nSPS) is 26.0. The van der Waals surface area contributed by atoms with Gasteiger partial charge in [0.1, 0.15) is 55.4 Å². The number of hydrogen-bond donors (Lipinski definition) is 7. The van der Waals surface area contributed by atoms with E-state index in [4.69, 9.17) is 28.4 Å². The first kappa shape index (κ1) is 63.1. The van der Waals surface area contributed by atoms with Gasteiger partial charge in [0.2, 0.25) is 0 Å². The Morgan fingerprint density at radius 3 is 1.46 bits per heavy atom. The van der Waals surface area contributed by atoms with Gasteiger partial charge >= 0.3 is 11.9 Å². The second kappa shape index (κ2) is 41.4. The molecule has 2 fully saturated rings. The molecule has 70 heavy (non-hydrogen) atoms.